The third-order valence-corrected chi connectivity index (χ3v) is 3.53. The molecule has 0 unspecified atom stereocenters. The van der Waals surface area contributed by atoms with Gasteiger partial charge in [-0.05, 0) is 18.2 Å². The Bertz CT molecular complexity index is 445. The van der Waals surface area contributed by atoms with Crippen molar-refractivity contribution in [2.75, 3.05) is 38.2 Å². The standard InChI is InChI=1S/C12H15BrN2O3/c1-18-11-8-9(13)2-3-10(11)14-4-6-15(7-5-14)12(16)17/h2-3,8H,4-7H2,1H3,(H,16,17). The first kappa shape index (κ1) is 13.0. The van der Waals surface area contributed by atoms with Gasteiger partial charge in [0.15, 0.2) is 0 Å². The molecule has 1 N–H and O–H groups in total. The van der Waals surface area contributed by atoms with E-state index in [1.54, 1.807) is 7.11 Å². The molecule has 5 nitrogen and oxygen atoms in total. The van der Waals surface area contributed by atoms with E-state index in [1.807, 2.05) is 18.2 Å². The van der Waals surface area contributed by atoms with Crippen LogP contribution in [0.4, 0.5) is 10.5 Å². The lowest BCUT2D eigenvalue weighted by atomic mass is 10.2. The largest absolute Gasteiger partial charge is 0.495 e. The molecule has 0 bridgehead atoms. The normalized spacial score (nSPS) is 15.7. The van der Waals surface area contributed by atoms with Gasteiger partial charge >= 0.3 is 6.09 Å². The molecule has 98 valence electrons. The Morgan fingerprint density at radius 2 is 2.00 bits per heavy atom. The van der Waals surface area contributed by atoms with Crippen LogP contribution in [0, 0.1) is 0 Å². The van der Waals surface area contributed by atoms with Crippen LogP contribution in [0.2, 0.25) is 0 Å². The average molecular weight is 315 g/mol. The first-order valence-electron chi connectivity index (χ1n) is 5.68. The molecular weight excluding hydrogens is 300 g/mol. The number of benzene rings is 1. The van der Waals surface area contributed by atoms with Gasteiger partial charge in [-0.3, -0.25) is 0 Å². The van der Waals surface area contributed by atoms with E-state index in [4.69, 9.17) is 9.84 Å². The highest BCUT2D eigenvalue weighted by atomic mass is 79.9. The summed E-state index contributed by atoms with van der Waals surface area (Å²) in [5, 5.41) is 8.91. The molecule has 0 atom stereocenters. The molecule has 1 aliphatic heterocycles. The number of hydrogen-bond acceptors (Lipinski definition) is 3. The molecule has 6 heteroatoms. The Hall–Kier alpha value is -1.43. The van der Waals surface area contributed by atoms with Crippen LogP contribution in [0.1, 0.15) is 0 Å². The lowest BCUT2D eigenvalue weighted by Crippen LogP contribution is -2.48. The molecule has 0 aliphatic carbocycles. The monoisotopic (exact) mass is 314 g/mol. The predicted octanol–water partition coefficient (Wildman–Crippen LogP) is 2.26. The average Bonchev–Trinajstić information content (AvgIpc) is 2.38. The number of rotatable bonds is 2. The summed E-state index contributed by atoms with van der Waals surface area (Å²) in [4.78, 5) is 14.4. The highest BCUT2D eigenvalue weighted by Crippen LogP contribution is 2.31. The Kier molecular flexibility index (Phi) is 3.96. The fourth-order valence-corrected chi connectivity index (χ4v) is 2.39. The van der Waals surface area contributed by atoms with Crippen molar-refractivity contribution in [2.24, 2.45) is 0 Å². The van der Waals surface area contributed by atoms with E-state index in [0.29, 0.717) is 26.2 Å². The van der Waals surface area contributed by atoms with Crippen LogP contribution in [0.25, 0.3) is 0 Å². The van der Waals surface area contributed by atoms with Gasteiger partial charge in [0.1, 0.15) is 5.75 Å². The topological polar surface area (TPSA) is 53.0 Å². The van der Waals surface area contributed by atoms with E-state index in [9.17, 15) is 4.79 Å². The molecule has 1 saturated heterocycles. The Morgan fingerprint density at radius 3 is 2.56 bits per heavy atom. The van der Waals surface area contributed by atoms with Crippen molar-refractivity contribution in [3.05, 3.63) is 22.7 Å². The predicted molar refractivity (Wildman–Crippen MR) is 72.5 cm³/mol. The summed E-state index contributed by atoms with van der Waals surface area (Å²) in [5.74, 6) is 0.799. The number of carboxylic acid groups (broad SMARTS) is 1. The molecular formula is C12H15BrN2O3. The molecule has 0 aromatic heterocycles. The van der Waals surface area contributed by atoms with E-state index in [-0.39, 0.29) is 0 Å². The van der Waals surface area contributed by atoms with Crippen molar-refractivity contribution in [1.29, 1.82) is 0 Å². The molecule has 0 spiro atoms. The molecule has 1 heterocycles. The van der Waals surface area contributed by atoms with Gasteiger partial charge in [0.2, 0.25) is 0 Å². The van der Waals surface area contributed by atoms with Gasteiger partial charge in [0.05, 0.1) is 12.8 Å². The SMILES string of the molecule is COc1cc(Br)ccc1N1CCN(C(=O)O)CC1. The molecule has 2 rings (SSSR count). The smallest absolute Gasteiger partial charge is 0.407 e. The van der Waals surface area contributed by atoms with Crippen molar-refractivity contribution in [3.8, 4) is 5.75 Å². The first-order valence-corrected chi connectivity index (χ1v) is 6.47. The molecule has 1 fully saturated rings. The van der Waals surface area contributed by atoms with Crippen LogP contribution < -0.4 is 9.64 Å². The quantitative estimate of drug-likeness (QED) is 0.909. The third kappa shape index (κ3) is 2.69. The maximum absolute atomic E-state index is 10.8. The minimum absolute atomic E-state index is 0.522. The van der Waals surface area contributed by atoms with Crippen LogP contribution in [0.15, 0.2) is 22.7 Å². The molecule has 1 amide bonds. The third-order valence-electron chi connectivity index (χ3n) is 3.03. The number of carbonyl (C=O) groups is 1. The Morgan fingerprint density at radius 1 is 1.33 bits per heavy atom. The lowest BCUT2D eigenvalue weighted by molar-refractivity contribution is 0.142. The fraction of sp³-hybridized carbons (Fsp3) is 0.417. The molecule has 1 aromatic carbocycles. The van der Waals surface area contributed by atoms with Crippen molar-refractivity contribution < 1.29 is 14.6 Å². The molecule has 0 radical (unpaired) electrons. The van der Waals surface area contributed by atoms with Gasteiger partial charge in [-0.1, -0.05) is 15.9 Å². The molecule has 0 saturated carbocycles. The van der Waals surface area contributed by atoms with Crippen LogP contribution in [0.3, 0.4) is 0 Å². The molecule has 1 aromatic rings. The van der Waals surface area contributed by atoms with Gasteiger partial charge in [-0.15, -0.1) is 0 Å². The minimum atomic E-state index is -0.850. The minimum Gasteiger partial charge on any atom is -0.495 e. The lowest BCUT2D eigenvalue weighted by Gasteiger charge is -2.35. The van der Waals surface area contributed by atoms with Gasteiger partial charge in [-0.2, -0.15) is 0 Å². The highest BCUT2D eigenvalue weighted by molar-refractivity contribution is 9.10. The summed E-state index contributed by atoms with van der Waals surface area (Å²) < 4.78 is 6.32. The summed E-state index contributed by atoms with van der Waals surface area (Å²) in [7, 11) is 1.64. The van der Waals surface area contributed by atoms with E-state index in [1.165, 1.54) is 4.90 Å². The second-order valence-corrected chi connectivity index (χ2v) is 4.99. The van der Waals surface area contributed by atoms with E-state index < -0.39 is 6.09 Å². The highest BCUT2D eigenvalue weighted by Gasteiger charge is 2.22. The summed E-state index contributed by atoms with van der Waals surface area (Å²) in [6, 6.07) is 5.86. The zero-order chi connectivity index (χ0) is 13.1. The van der Waals surface area contributed by atoms with Crippen LogP contribution in [-0.2, 0) is 0 Å². The summed E-state index contributed by atoms with van der Waals surface area (Å²) in [6.45, 7) is 2.41. The fourth-order valence-electron chi connectivity index (χ4n) is 2.05. The number of anilines is 1. The van der Waals surface area contributed by atoms with E-state index >= 15 is 0 Å². The van der Waals surface area contributed by atoms with Gasteiger partial charge < -0.3 is 19.6 Å². The second-order valence-electron chi connectivity index (χ2n) is 4.07. The molecule has 1 aliphatic rings. The second kappa shape index (κ2) is 5.48. The number of methoxy groups -OCH3 is 1. The maximum Gasteiger partial charge on any atom is 0.407 e. The number of hydrogen-bond donors (Lipinski definition) is 1. The Balaban J connectivity index is 2.12. The van der Waals surface area contributed by atoms with Crippen molar-refractivity contribution in [3.63, 3.8) is 0 Å². The van der Waals surface area contributed by atoms with E-state index in [0.717, 1.165) is 15.9 Å². The van der Waals surface area contributed by atoms with Crippen molar-refractivity contribution in [2.45, 2.75) is 0 Å². The maximum atomic E-state index is 10.8. The molecule has 18 heavy (non-hydrogen) atoms. The van der Waals surface area contributed by atoms with Crippen LogP contribution >= 0.6 is 15.9 Å². The van der Waals surface area contributed by atoms with Crippen molar-refractivity contribution in [1.82, 2.24) is 4.90 Å². The number of halogens is 1. The zero-order valence-corrected chi connectivity index (χ0v) is 11.7. The summed E-state index contributed by atoms with van der Waals surface area (Å²) in [6.07, 6.45) is -0.850. The summed E-state index contributed by atoms with van der Waals surface area (Å²) >= 11 is 3.41. The first-order chi connectivity index (χ1) is 8.61. The number of ether oxygens (including phenoxy) is 1. The van der Waals surface area contributed by atoms with E-state index in [2.05, 4.69) is 20.8 Å². The van der Waals surface area contributed by atoms with Crippen LogP contribution in [0.5, 0.6) is 5.75 Å². The zero-order valence-electron chi connectivity index (χ0n) is 10.1. The van der Waals surface area contributed by atoms with Gasteiger partial charge in [-0.25, -0.2) is 4.79 Å². The number of nitrogens with zero attached hydrogens (tertiary/aromatic N) is 2. The number of piperazine rings is 1. The van der Waals surface area contributed by atoms with Crippen molar-refractivity contribution >= 4 is 27.7 Å². The number of amides is 1. The van der Waals surface area contributed by atoms with Gasteiger partial charge in [0.25, 0.3) is 0 Å². The van der Waals surface area contributed by atoms with Crippen LogP contribution in [-0.4, -0.2) is 49.4 Å². The van der Waals surface area contributed by atoms with Gasteiger partial charge in [0, 0.05) is 30.7 Å². The Labute approximate surface area is 114 Å². The summed E-state index contributed by atoms with van der Waals surface area (Å²) in [5.41, 5.74) is 1.01.